The van der Waals surface area contributed by atoms with Crippen LogP contribution in [-0.2, 0) is 16.6 Å². The number of hydrogen-bond donors (Lipinski definition) is 2. The Hall–Kier alpha value is -4.14. The van der Waals surface area contributed by atoms with Crippen molar-refractivity contribution in [2.24, 2.45) is 5.10 Å². The Morgan fingerprint density at radius 3 is 2.44 bits per heavy atom. The highest BCUT2D eigenvalue weighted by molar-refractivity contribution is 7.92. The number of hydrazone groups is 1. The van der Waals surface area contributed by atoms with E-state index in [2.05, 4.69) is 15.2 Å². The maximum atomic E-state index is 12.8. The molecule has 1 amide bonds. The molecule has 0 bridgehead atoms. The lowest BCUT2D eigenvalue weighted by Crippen LogP contribution is -2.19. The molecule has 0 spiro atoms. The van der Waals surface area contributed by atoms with Gasteiger partial charge in [-0.2, -0.15) is 5.10 Å². The predicted octanol–water partition coefficient (Wildman–Crippen LogP) is 5.48. The van der Waals surface area contributed by atoms with Gasteiger partial charge < -0.3 is 4.74 Å². The fourth-order valence-corrected chi connectivity index (χ4v) is 4.57. The molecule has 0 atom stereocenters. The Morgan fingerprint density at radius 2 is 1.64 bits per heavy atom. The van der Waals surface area contributed by atoms with Crippen LogP contribution in [0.15, 0.2) is 113 Å². The molecule has 182 valence electrons. The molecule has 4 aromatic carbocycles. The highest BCUT2D eigenvalue weighted by atomic mass is 35.5. The van der Waals surface area contributed by atoms with E-state index in [9.17, 15) is 13.2 Å². The van der Waals surface area contributed by atoms with Crippen LogP contribution >= 0.6 is 11.6 Å². The number of anilines is 1. The molecule has 0 saturated carbocycles. The number of nitrogens with one attached hydrogen (secondary N) is 2. The highest BCUT2D eigenvalue weighted by Gasteiger charge is 2.17. The van der Waals surface area contributed by atoms with Gasteiger partial charge >= 0.3 is 0 Å². The average Bonchev–Trinajstić information content (AvgIpc) is 2.90. The molecule has 9 heteroatoms. The number of halogens is 1. The van der Waals surface area contributed by atoms with Crippen molar-refractivity contribution in [2.45, 2.75) is 11.5 Å². The van der Waals surface area contributed by atoms with Crippen molar-refractivity contribution in [1.29, 1.82) is 0 Å². The number of amides is 1. The van der Waals surface area contributed by atoms with Gasteiger partial charge in [0.15, 0.2) is 0 Å². The van der Waals surface area contributed by atoms with Crippen LogP contribution in [0.1, 0.15) is 21.5 Å². The summed E-state index contributed by atoms with van der Waals surface area (Å²) < 4.78 is 33.8. The third kappa shape index (κ3) is 6.71. The quantitative estimate of drug-likeness (QED) is 0.226. The molecule has 0 saturated heterocycles. The maximum absolute atomic E-state index is 12.8. The zero-order chi connectivity index (χ0) is 25.4. The first-order valence-corrected chi connectivity index (χ1v) is 12.7. The fraction of sp³-hybridized carbons (Fsp3) is 0.0370. The van der Waals surface area contributed by atoms with Gasteiger partial charge in [-0.15, -0.1) is 0 Å². The van der Waals surface area contributed by atoms with Gasteiger partial charge in [-0.1, -0.05) is 72.3 Å². The van der Waals surface area contributed by atoms with E-state index in [1.165, 1.54) is 30.5 Å². The third-order valence-electron chi connectivity index (χ3n) is 5.01. The zero-order valence-corrected chi connectivity index (χ0v) is 20.5. The molecular weight excluding hydrogens is 498 g/mol. The molecular formula is C27H22ClN3O4S. The summed E-state index contributed by atoms with van der Waals surface area (Å²) >= 11 is 6.05. The fourth-order valence-electron chi connectivity index (χ4n) is 3.21. The standard InChI is InChI=1S/C27H22ClN3O4S/c28-25-14-4-5-15-26(25)31-36(33,34)24-13-7-11-22(17-24)27(32)30-29-18-21-10-6-12-23(16-21)35-19-20-8-2-1-3-9-20/h1-18,31H,19H2,(H,30,32)/b29-18+. The van der Waals surface area contributed by atoms with Gasteiger partial charge in [0.05, 0.1) is 21.8 Å². The lowest BCUT2D eigenvalue weighted by atomic mass is 10.2. The minimum Gasteiger partial charge on any atom is -0.489 e. The molecule has 4 rings (SSSR count). The first-order valence-electron chi connectivity index (χ1n) is 10.9. The van der Waals surface area contributed by atoms with E-state index in [1.807, 2.05) is 48.5 Å². The van der Waals surface area contributed by atoms with Gasteiger partial charge in [-0.05, 0) is 53.6 Å². The molecule has 7 nitrogen and oxygen atoms in total. The van der Waals surface area contributed by atoms with Crippen LogP contribution in [-0.4, -0.2) is 20.5 Å². The van der Waals surface area contributed by atoms with Crippen LogP contribution < -0.4 is 14.9 Å². The second-order valence-corrected chi connectivity index (χ2v) is 9.75. The first-order chi connectivity index (χ1) is 17.4. The SMILES string of the molecule is O=C(N/N=C/c1cccc(OCc2ccccc2)c1)c1cccc(S(=O)(=O)Nc2ccccc2Cl)c1. The van der Waals surface area contributed by atoms with Crippen LogP contribution in [0, 0.1) is 0 Å². The topological polar surface area (TPSA) is 96.9 Å². The Kier molecular flexibility index (Phi) is 7.99. The van der Waals surface area contributed by atoms with E-state index >= 15 is 0 Å². The summed E-state index contributed by atoms with van der Waals surface area (Å²) in [5.41, 5.74) is 4.57. The summed E-state index contributed by atoms with van der Waals surface area (Å²) in [7, 11) is -3.95. The summed E-state index contributed by atoms with van der Waals surface area (Å²) in [6, 6.07) is 29.2. The number of benzene rings is 4. The second kappa shape index (κ2) is 11.5. The summed E-state index contributed by atoms with van der Waals surface area (Å²) in [5.74, 6) is 0.107. The number of ether oxygens (including phenoxy) is 1. The molecule has 0 aliphatic rings. The van der Waals surface area contributed by atoms with Crippen LogP contribution in [0.4, 0.5) is 5.69 Å². The van der Waals surface area contributed by atoms with E-state index in [0.29, 0.717) is 12.4 Å². The minimum absolute atomic E-state index is 0.0812. The van der Waals surface area contributed by atoms with Gasteiger partial charge in [0.2, 0.25) is 0 Å². The van der Waals surface area contributed by atoms with Gasteiger partial charge in [0, 0.05) is 5.56 Å². The number of nitrogens with zero attached hydrogens (tertiary/aromatic N) is 1. The van der Waals surface area contributed by atoms with Gasteiger partial charge in [0.1, 0.15) is 12.4 Å². The van der Waals surface area contributed by atoms with E-state index in [1.54, 1.807) is 30.3 Å². The molecule has 2 N–H and O–H groups in total. The van der Waals surface area contributed by atoms with Crippen molar-refractivity contribution in [3.63, 3.8) is 0 Å². The molecule has 0 aliphatic heterocycles. The molecule has 0 aliphatic carbocycles. The Bertz CT molecular complexity index is 1490. The molecule has 0 radical (unpaired) electrons. The Balaban J connectivity index is 1.39. The molecule has 0 aromatic heterocycles. The number of carbonyl (C=O) groups excluding carboxylic acids is 1. The van der Waals surface area contributed by atoms with Crippen LogP contribution in [0.5, 0.6) is 5.75 Å². The van der Waals surface area contributed by atoms with Gasteiger partial charge in [-0.3, -0.25) is 9.52 Å². The zero-order valence-electron chi connectivity index (χ0n) is 19.0. The summed E-state index contributed by atoms with van der Waals surface area (Å²) in [6.45, 7) is 0.433. The summed E-state index contributed by atoms with van der Waals surface area (Å²) in [4.78, 5) is 12.5. The minimum atomic E-state index is -3.95. The van der Waals surface area contributed by atoms with Crippen LogP contribution in [0.25, 0.3) is 0 Å². The second-order valence-electron chi connectivity index (χ2n) is 7.66. The normalized spacial score (nSPS) is 11.2. The number of rotatable bonds is 9. The molecule has 0 unspecified atom stereocenters. The molecule has 0 heterocycles. The monoisotopic (exact) mass is 519 g/mol. The van der Waals surface area contributed by atoms with E-state index in [0.717, 1.165) is 11.1 Å². The van der Waals surface area contributed by atoms with Crippen molar-refractivity contribution in [3.8, 4) is 5.75 Å². The summed E-state index contributed by atoms with van der Waals surface area (Å²) in [5, 5.41) is 4.25. The number of para-hydroxylation sites is 1. The lowest BCUT2D eigenvalue weighted by molar-refractivity contribution is 0.0955. The number of carbonyl (C=O) groups is 1. The van der Waals surface area contributed by atoms with Gasteiger partial charge in [-0.25, -0.2) is 13.8 Å². The van der Waals surface area contributed by atoms with Gasteiger partial charge in [0.25, 0.3) is 15.9 Å². The van der Waals surface area contributed by atoms with Crippen LogP contribution in [0.2, 0.25) is 5.02 Å². The van der Waals surface area contributed by atoms with E-state index < -0.39 is 15.9 Å². The largest absolute Gasteiger partial charge is 0.489 e. The maximum Gasteiger partial charge on any atom is 0.271 e. The van der Waals surface area contributed by atoms with Crippen molar-refractivity contribution in [1.82, 2.24) is 5.43 Å². The van der Waals surface area contributed by atoms with Crippen molar-refractivity contribution in [3.05, 3.63) is 125 Å². The van der Waals surface area contributed by atoms with E-state index in [-0.39, 0.29) is 21.2 Å². The Morgan fingerprint density at radius 1 is 0.889 bits per heavy atom. The van der Waals surface area contributed by atoms with Crippen molar-refractivity contribution in [2.75, 3.05) is 4.72 Å². The Labute approximate surface area is 214 Å². The average molecular weight is 520 g/mol. The predicted molar refractivity (Wildman–Crippen MR) is 141 cm³/mol. The molecule has 0 fully saturated rings. The van der Waals surface area contributed by atoms with E-state index in [4.69, 9.17) is 16.3 Å². The first kappa shape index (κ1) is 25.0. The number of hydrogen-bond acceptors (Lipinski definition) is 5. The summed E-state index contributed by atoms with van der Waals surface area (Å²) in [6.07, 6.45) is 1.48. The molecule has 36 heavy (non-hydrogen) atoms. The van der Waals surface area contributed by atoms with Crippen molar-refractivity contribution >= 4 is 39.4 Å². The smallest absolute Gasteiger partial charge is 0.271 e. The van der Waals surface area contributed by atoms with Crippen LogP contribution in [0.3, 0.4) is 0 Å². The van der Waals surface area contributed by atoms with Crippen molar-refractivity contribution < 1.29 is 17.9 Å². The molecule has 4 aromatic rings. The number of sulfonamides is 1. The lowest BCUT2D eigenvalue weighted by Gasteiger charge is -2.10. The third-order valence-corrected chi connectivity index (χ3v) is 6.70. The highest BCUT2D eigenvalue weighted by Crippen LogP contribution is 2.24.